The van der Waals surface area contributed by atoms with E-state index < -0.39 is 7.32 Å². The summed E-state index contributed by atoms with van der Waals surface area (Å²) < 4.78 is 17.0. The first-order valence-corrected chi connectivity index (χ1v) is 6.66. The first kappa shape index (κ1) is 14.2. The van der Waals surface area contributed by atoms with Crippen molar-refractivity contribution in [2.24, 2.45) is 0 Å². The Morgan fingerprint density at radius 1 is 1.26 bits per heavy atom. The number of nitrogens with one attached hydrogen (secondary N) is 1. The van der Waals surface area contributed by atoms with Gasteiger partial charge in [0.2, 0.25) is 0 Å². The minimum absolute atomic E-state index is 0.0132. The molecule has 1 N–H and O–H groups in total. The molecule has 1 aliphatic heterocycles. The van der Waals surface area contributed by atoms with Crippen LogP contribution in [0.25, 0.3) is 0 Å². The van der Waals surface area contributed by atoms with E-state index in [0.717, 1.165) is 23.6 Å². The van der Waals surface area contributed by atoms with Gasteiger partial charge in [0.05, 0.1) is 0 Å². The molecular weight excluding hydrogens is 241 g/mol. The molecule has 1 aliphatic rings. The molecular formula is C14H22BNO3. The highest BCUT2D eigenvalue weighted by Crippen LogP contribution is 2.43. The van der Waals surface area contributed by atoms with E-state index >= 15 is 0 Å². The highest BCUT2D eigenvalue weighted by atomic mass is 16.8. The lowest BCUT2D eigenvalue weighted by Crippen LogP contribution is -2.32. The van der Waals surface area contributed by atoms with Crippen molar-refractivity contribution in [2.45, 2.75) is 33.1 Å². The average molecular weight is 263 g/mol. The molecule has 0 spiro atoms. The second-order valence-electron chi connectivity index (χ2n) is 5.89. The van der Waals surface area contributed by atoms with Gasteiger partial charge in [0.15, 0.2) is 0 Å². The monoisotopic (exact) mass is 263 g/mol. The summed E-state index contributed by atoms with van der Waals surface area (Å²) in [5.74, 6) is 1.59. The van der Waals surface area contributed by atoms with E-state index in [-0.39, 0.29) is 5.41 Å². The lowest BCUT2D eigenvalue weighted by molar-refractivity contribution is 0.223. The highest BCUT2D eigenvalue weighted by Gasteiger charge is 2.38. The summed E-state index contributed by atoms with van der Waals surface area (Å²) in [5.41, 5.74) is 2.34. The fraction of sp³-hybridized carbons (Fsp3) is 0.571. The normalized spacial score (nSPS) is 14.1. The molecule has 0 atom stereocenters. The predicted molar refractivity (Wildman–Crippen MR) is 76.8 cm³/mol. The van der Waals surface area contributed by atoms with Crippen molar-refractivity contribution in [2.75, 3.05) is 20.2 Å². The summed E-state index contributed by atoms with van der Waals surface area (Å²) in [7, 11) is 1.25. The van der Waals surface area contributed by atoms with Crippen LogP contribution in [0.5, 0.6) is 11.5 Å². The lowest BCUT2D eigenvalue weighted by atomic mass is 9.85. The largest absolute Gasteiger partial charge is 0.788 e. The molecule has 0 fully saturated rings. The van der Waals surface area contributed by atoms with Gasteiger partial charge in [-0.25, -0.2) is 0 Å². The Morgan fingerprint density at radius 3 is 2.63 bits per heavy atom. The zero-order chi connectivity index (χ0) is 14.0. The maximum absolute atomic E-state index is 5.79. The van der Waals surface area contributed by atoms with Crippen molar-refractivity contribution < 1.29 is 14.0 Å². The third-order valence-corrected chi connectivity index (χ3v) is 3.05. The molecule has 19 heavy (non-hydrogen) atoms. The Bertz CT molecular complexity index is 457. The number of rotatable bonds is 4. The van der Waals surface area contributed by atoms with Gasteiger partial charge in [-0.1, -0.05) is 26.8 Å². The van der Waals surface area contributed by atoms with Crippen molar-refractivity contribution in [1.29, 1.82) is 0 Å². The zero-order valence-corrected chi connectivity index (χ0v) is 12.4. The van der Waals surface area contributed by atoms with Gasteiger partial charge in [0.1, 0.15) is 11.5 Å². The maximum Gasteiger partial charge on any atom is 0.788 e. The molecule has 0 radical (unpaired) electrons. The van der Waals surface area contributed by atoms with Crippen LogP contribution in [0.15, 0.2) is 12.1 Å². The van der Waals surface area contributed by atoms with Crippen molar-refractivity contribution in [3.8, 4) is 11.5 Å². The molecule has 0 bridgehead atoms. The summed E-state index contributed by atoms with van der Waals surface area (Å²) >= 11 is 0. The molecule has 0 aromatic heterocycles. The van der Waals surface area contributed by atoms with Crippen LogP contribution in [-0.4, -0.2) is 27.5 Å². The van der Waals surface area contributed by atoms with Crippen LogP contribution in [0.4, 0.5) is 0 Å². The summed E-state index contributed by atoms with van der Waals surface area (Å²) in [4.78, 5) is 0. The predicted octanol–water partition coefficient (Wildman–Crippen LogP) is 2.28. The second kappa shape index (κ2) is 5.43. The van der Waals surface area contributed by atoms with E-state index in [2.05, 4.69) is 39.1 Å². The van der Waals surface area contributed by atoms with Gasteiger partial charge in [-0.05, 0) is 31.0 Å². The molecule has 1 aromatic rings. The standard InChI is InChI=1S/C14H22BNO3/c1-10-8-11(14(2,3)4)13-12(9-10)18-15(19-13)17-7-6-16-5/h8-9,16H,6-7H2,1-5H3. The first-order valence-electron chi connectivity index (χ1n) is 6.66. The Hall–Kier alpha value is -1.20. The van der Waals surface area contributed by atoms with Gasteiger partial charge >= 0.3 is 7.32 Å². The smallest absolute Gasteiger partial charge is 0.498 e. The topological polar surface area (TPSA) is 39.7 Å². The fourth-order valence-corrected chi connectivity index (χ4v) is 2.06. The van der Waals surface area contributed by atoms with E-state index in [1.54, 1.807) is 0 Å². The molecule has 0 aliphatic carbocycles. The molecule has 4 nitrogen and oxygen atoms in total. The van der Waals surface area contributed by atoms with Gasteiger partial charge in [0, 0.05) is 18.7 Å². The first-order chi connectivity index (χ1) is 8.91. The van der Waals surface area contributed by atoms with E-state index in [0.29, 0.717) is 6.61 Å². The van der Waals surface area contributed by atoms with Crippen molar-refractivity contribution >= 4 is 7.32 Å². The van der Waals surface area contributed by atoms with Gasteiger partial charge < -0.3 is 19.3 Å². The molecule has 0 saturated carbocycles. The molecule has 0 amide bonds. The Balaban J connectivity index is 2.18. The van der Waals surface area contributed by atoms with Gasteiger partial charge in [0.25, 0.3) is 0 Å². The molecule has 0 unspecified atom stereocenters. The Kier molecular flexibility index (Phi) is 4.06. The van der Waals surface area contributed by atoms with Crippen LogP contribution >= 0.6 is 0 Å². The van der Waals surface area contributed by atoms with Crippen LogP contribution in [0, 0.1) is 6.92 Å². The average Bonchev–Trinajstić information content (AvgIpc) is 2.69. The third kappa shape index (κ3) is 3.22. The number of benzene rings is 1. The summed E-state index contributed by atoms with van der Waals surface area (Å²) in [6, 6.07) is 4.14. The second-order valence-corrected chi connectivity index (χ2v) is 5.89. The molecule has 104 valence electrons. The molecule has 5 heteroatoms. The van der Waals surface area contributed by atoms with Crippen LogP contribution in [0.1, 0.15) is 31.9 Å². The third-order valence-electron chi connectivity index (χ3n) is 3.05. The number of likely N-dealkylation sites (N-methyl/N-ethyl adjacent to an activating group) is 1. The summed E-state index contributed by atoms with van der Waals surface area (Å²) in [6.07, 6.45) is 0. The lowest BCUT2D eigenvalue weighted by Gasteiger charge is -2.21. The number of hydrogen-bond donors (Lipinski definition) is 1. The van der Waals surface area contributed by atoms with Crippen molar-refractivity contribution in [3.63, 3.8) is 0 Å². The van der Waals surface area contributed by atoms with E-state index in [9.17, 15) is 0 Å². The fourth-order valence-electron chi connectivity index (χ4n) is 2.06. The highest BCUT2D eigenvalue weighted by molar-refractivity contribution is 6.40. The van der Waals surface area contributed by atoms with Gasteiger partial charge in [-0.3, -0.25) is 0 Å². The Labute approximate surface area is 115 Å². The van der Waals surface area contributed by atoms with Crippen LogP contribution < -0.4 is 14.6 Å². The van der Waals surface area contributed by atoms with Crippen molar-refractivity contribution in [3.05, 3.63) is 23.3 Å². The Morgan fingerprint density at radius 2 is 2.00 bits per heavy atom. The summed E-state index contributed by atoms with van der Waals surface area (Å²) in [6.45, 7) is 9.89. The van der Waals surface area contributed by atoms with Crippen LogP contribution in [0.3, 0.4) is 0 Å². The summed E-state index contributed by atoms with van der Waals surface area (Å²) in [5, 5.41) is 3.02. The maximum atomic E-state index is 5.79. The molecule has 0 saturated heterocycles. The number of hydrogen-bond acceptors (Lipinski definition) is 4. The van der Waals surface area contributed by atoms with Gasteiger partial charge in [-0.2, -0.15) is 0 Å². The SMILES string of the molecule is CNCCOB1Oc2cc(C)cc(C(C)(C)C)c2O1. The minimum atomic E-state index is -0.633. The molecule has 1 aromatic carbocycles. The van der Waals surface area contributed by atoms with Crippen molar-refractivity contribution in [1.82, 2.24) is 5.32 Å². The van der Waals surface area contributed by atoms with E-state index in [1.165, 1.54) is 5.56 Å². The zero-order valence-electron chi connectivity index (χ0n) is 12.4. The minimum Gasteiger partial charge on any atom is -0.498 e. The quantitative estimate of drug-likeness (QED) is 0.668. The van der Waals surface area contributed by atoms with E-state index in [1.807, 2.05) is 13.1 Å². The van der Waals surface area contributed by atoms with Crippen LogP contribution in [-0.2, 0) is 10.1 Å². The van der Waals surface area contributed by atoms with Gasteiger partial charge in [-0.15, -0.1) is 0 Å². The van der Waals surface area contributed by atoms with Crippen LogP contribution in [0.2, 0.25) is 0 Å². The molecule has 1 heterocycles. The number of aryl methyl sites for hydroxylation is 1. The number of fused-ring (bicyclic) bond motifs is 1. The molecule has 2 rings (SSSR count). The van der Waals surface area contributed by atoms with E-state index in [4.69, 9.17) is 14.0 Å².